The molecule has 0 aliphatic heterocycles. The standard InChI is InChI=1S/C12H15N3O4/c1-7(10(13)16)14-12(19)15(2)9-6-4-3-5-8(9)11(17)18/h3-7H,1-2H3,(H2,13,16)(H,14,19)(H,17,18). The Balaban J connectivity index is 2.94. The predicted molar refractivity (Wildman–Crippen MR) is 69.0 cm³/mol. The summed E-state index contributed by atoms with van der Waals surface area (Å²) >= 11 is 0. The molecule has 0 aromatic heterocycles. The van der Waals surface area contributed by atoms with E-state index in [0.717, 1.165) is 4.90 Å². The summed E-state index contributed by atoms with van der Waals surface area (Å²) in [7, 11) is 1.41. The lowest BCUT2D eigenvalue weighted by Gasteiger charge is -2.21. The number of benzene rings is 1. The van der Waals surface area contributed by atoms with Gasteiger partial charge in [-0.05, 0) is 19.1 Å². The van der Waals surface area contributed by atoms with Gasteiger partial charge < -0.3 is 16.2 Å². The molecule has 1 unspecified atom stereocenters. The van der Waals surface area contributed by atoms with Crippen molar-refractivity contribution in [3.63, 3.8) is 0 Å². The molecule has 0 saturated carbocycles. The van der Waals surface area contributed by atoms with E-state index in [1.54, 1.807) is 12.1 Å². The summed E-state index contributed by atoms with van der Waals surface area (Å²) in [5.41, 5.74) is 5.25. The lowest BCUT2D eigenvalue weighted by molar-refractivity contribution is -0.119. The molecule has 3 amide bonds. The number of nitrogens with zero attached hydrogens (tertiary/aromatic N) is 1. The van der Waals surface area contributed by atoms with Crippen LogP contribution in [0, 0.1) is 0 Å². The molecule has 1 aromatic rings. The van der Waals surface area contributed by atoms with E-state index >= 15 is 0 Å². The van der Waals surface area contributed by atoms with Crippen LogP contribution in [-0.4, -0.2) is 36.1 Å². The molecule has 1 atom stereocenters. The smallest absolute Gasteiger partial charge is 0.337 e. The van der Waals surface area contributed by atoms with E-state index in [9.17, 15) is 14.4 Å². The van der Waals surface area contributed by atoms with E-state index in [1.807, 2.05) is 0 Å². The number of anilines is 1. The molecular formula is C12H15N3O4. The minimum Gasteiger partial charge on any atom is -0.478 e. The van der Waals surface area contributed by atoms with E-state index in [4.69, 9.17) is 10.8 Å². The van der Waals surface area contributed by atoms with Crippen molar-refractivity contribution in [3.05, 3.63) is 29.8 Å². The minimum atomic E-state index is -1.14. The third kappa shape index (κ3) is 3.44. The number of amides is 3. The van der Waals surface area contributed by atoms with E-state index in [0.29, 0.717) is 0 Å². The summed E-state index contributed by atoms with van der Waals surface area (Å²) in [5.74, 6) is -1.81. The Bertz CT molecular complexity index is 515. The van der Waals surface area contributed by atoms with Gasteiger partial charge in [-0.3, -0.25) is 9.69 Å². The van der Waals surface area contributed by atoms with Crippen molar-refractivity contribution in [2.24, 2.45) is 5.73 Å². The normalized spacial score (nSPS) is 11.5. The predicted octanol–water partition coefficient (Wildman–Crippen LogP) is 0.404. The Morgan fingerprint density at radius 3 is 2.42 bits per heavy atom. The fourth-order valence-electron chi connectivity index (χ4n) is 1.41. The Morgan fingerprint density at radius 1 is 1.32 bits per heavy atom. The number of urea groups is 1. The quantitative estimate of drug-likeness (QED) is 0.731. The van der Waals surface area contributed by atoms with Gasteiger partial charge >= 0.3 is 12.0 Å². The first-order chi connectivity index (χ1) is 8.84. The van der Waals surface area contributed by atoms with Crippen LogP contribution in [0.5, 0.6) is 0 Å². The number of primary amides is 1. The summed E-state index contributed by atoms with van der Waals surface area (Å²) in [6.07, 6.45) is 0. The van der Waals surface area contributed by atoms with Gasteiger partial charge in [-0.15, -0.1) is 0 Å². The Morgan fingerprint density at radius 2 is 1.89 bits per heavy atom. The number of hydrogen-bond acceptors (Lipinski definition) is 3. The van der Waals surface area contributed by atoms with Gasteiger partial charge in [-0.1, -0.05) is 12.1 Å². The number of rotatable bonds is 4. The number of carboxylic acid groups (broad SMARTS) is 1. The van der Waals surface area contributed by atoms with E-state index in [1.165, 1.54) is 26.1 Å². The van der Waals surface area contributed by atoms with Gasteiger partial charge in [0, 0.05) is 7.05 Å². The van der Waals surface area contributed by atoms with Gasteiger partial charge in [0.25, 0.3) is 0 Å². The number of nitrogens with one attached hydrogen (secondary N) is 1. The maximum atomic E-state index is 11.8. The fourth-order valence-corrected chi connectivity index (χ4v) is 1.41. The Labute approximate surface area is 110 Å². The molecule has 4 N–H and O–H groups in total. The van der Waals surface area contributed by atoms with Crippen molar-refractivity contribution >= 4 is 23.6 Å². The molecule has 0 fully saturated rings. The Hall–Kier alpha value is -2.57. The minimum absolute atomic E-state index is 0.00752. The molecule has 102 valence electrons. The largest absolute Gasteiger partial charge is 0.478 e. The molecule has 1 rings (SSSR count). The zero-order valence-corrected chi connectivity index (χ0v) is 10.6. The van der Waals surface area contributed by atoms with Crippen LogP contribution in [-0.2, 0) is 4.79 Å². The van der Waals surface area contributed by atoms with Crippen LogP contribution in [0.2, 0.25) is 0 Å². The van der Waals surface area contributed by atoms with Crippen LogP contribution in [0.25, 0.3) is 0 Å². The number of para-hydroxylation sites is 1. The lowest BCUT2D eigenvalue weighted by Crippen LogP contribution is -2.47. The maximum Gasteiger partial charge on any atom is 0.337 e. The van der Waals surface area contributed by atoms with Crippen LogP contribution in [0.15, 0.2) is 24.3 Å². The van der Waals surface area contributed by atoms with E-state index < -0.39 is 23.9 Å². The molecule has 7 heteroatoms. The van der Waals surface area contributed by atoms with Crippen LogP contribution < -0.4 is 16.0 Å². The zero-order chi connectivity index (χ0) is 14.6. The number of carbonyl (C=O) groups excluding carboxylic acids is 2. The molecule has 0 saturated heterocycles. The first-order valence-corrected chi connectivity index (χ1v) is 5.50. The maximum absolute atomic E-state index is 11.8. The first kappa shape index (κ1) is 14.5. The van der Waals surface area contributed by atoms with E-state index in [-0.39, 0.29) is 11.3 Å². The van der Waals surface area contributed by atoms with Crippen molar-refractivity contribution in [2.75, 3.05) is 11.9 Å². The molecule has 0 heterocycles. The van der Waals surface area contributed by atoms with E-state index in [2.05, 4.69) is 5.32 Å². The second-order valence-electron chi connectivity index (χ2n) is 3.95. The van der Waals surface area contributed by atoms with Crippen LogP contribution in [0.4, 0.5) is 10.5 Å². The third-order valence-electron chi connectivity index (χ3n) is 2.57. The molecular weight excluding hydrogens is 250 g/mol. The highest BCUT2D eigenvalue weighted by molar-refractivity contribution is 6.01. The molecule has 0 aliphatic carbocycles. The van der Waals surface area contributed by atoms with Gasteiger partial charge in [-0.25, -0.2) is 9.59 Å². The molecule has 1 aromatic carbocycles. The average molecular weight is 265 g/mol. The highest BCUT2D eigenvalue weighted by Crippen LogP contribution is 2.19. The van der Waals surface area contributed by atoms with Crippen molar-refractivity contribution in [3.8, 4) is 0 Å². The number of nitrogens with two attached hydrogens (primary N) is 1. The SMILES string of the molecule is CC(NC(=O)N(C)c1ccccc1C(=O)O)C(N)=O. The fraction of sp³-hybridized carbons (Fsp3) is 0.250. The molecule has 19 heavy (non-hydrogen) atoms. The third-order valence-corrected chi connectivity index (χ3v) is 2.57. The number of hydrogen-bond donors (Lipinski definition) is 3. The topological polar surface area (TPSA) is 113 Å². The highest BCUT2D eigenvalue weighted by Gasteiger charge is 2.20. The highest BCUT2D eigenvalue weighted by atomic mass is 16.4. The van der Waals surface area contributed by atoms with Crippen molar-refractivity contribution < 1.29 is 19.5 Å². The molecule has 0 spiro atoms. The summed E-state index contributed by atoms with van der Waals surface area (Å²) in [5, 5.41) is 11.4. The van der Waals surface area contributed by atoms with Gasteiger partial charge in [-0.2, -0.15) is 0 Å². The second kappa shape index (κ2) is 5.85. The molecule has 0 radical (unpaired) electrons. The summed E-state index contributed by atoms with van der Waals surface area (Å²) < 4.78 is 0. The Kier molecular flexibility index (Phi) is 4.46. The molecule has 0 bridgehead atoms. The van der Waals surface area contributed by atoms with Crippen molar-refractivity contribution in [1.82, 2.24) is 5.32 Å². The van der Waals surface area contributed by atoms with Crippen molar-refractivity contribution in [2.45, 2.75) is 13.0 Å². The van der Waals surface area contributed by atoms with Gasteiger partial charge in [0.15, 0.2) is 0 Å². The monoisotopic (exact) mass is 265 g/mol. The summed E-state index contributed by atoms with van der Waals surface area (Å²) in [6, 6.07) is 4.61. The van der Waals surface area contributed by atoms with Crippen molar-refractivity contribution in [1.29, 1.82) is 0 Å². The van der Waals surface area contributed by atoms with Gasteiger partial charge in [0.2, 0.25) is 5.91 Å². The van der Waals surface area contributed by atoms with Crippen LogP contribution in [0.1, 0.15) is 17.3 Å². The second-order valence-corrected chi connectivity index (χ2v) is 3.95. The number of carboxylic acids is 1. The van der Waals surface area contributed by atoms with Crippen LogP contribution in [0.3, 0.4) is 0 Å². The zero-order valence-electron chi connectivity index (χ0n) is 10.6. The number of carbonyl (C=O) groups is 3. The first-order valence-electron chi connectivity index (χ1n) is 5.50. The molecule has 7 nitrogen and oxygen atoms in total. The van der Waals surface area contributed by atoms with Gasteiger partial charge in [0.1, 0.15) is 6.04 Å². The van der Waals surface area contributed by atoms with Crippen LogP contribution >= 0.6 is 0 Å². The van der Waals surface area contributed by atoms with Gasteiger partial charge in [0.05, 0.1) is 11.3 Å². The summed E-state index contributed by atoms with van der Waals surface area (Å²) in [6.45, 7) is 1.44. The lowest BCUT2D eigenvalue weighted by atomic mass is 10.1. The average Bonchev–Trinajstić information content (AvgIpc) is 2.37. The summed E-state index contributed by atoms with van der Waals surface area (Å²) in [4.78, 5) is 34.9. The molecule has 0 aliphatic rings. The number of aromatic carboxylic acids is 1.